The molecule has 2 amide bonds. The SMILES string of the molecule is CC1(C(=O)NC2CCCCC2)Cn2nc(-c3ccco3)cc2C(=O)N1Cc1ccccc1Cl. The normalized spacial score (nSPS) is 21.2. The molecule has 0 radical (unpaired) electrons. The van der Waals surface area contributed by atoms with Crippen LogP contribution in [0.1, 0.15) is 55.1 Å². The highest BCUT2D eigenvalue weighted by Gasteiger charge is 2.48. The smallest absolute Gasteiger partial charge is 0.273 e. The van der Waals surface area contributed by atoms with Gasteiger partial charge in [-0.1, -0.05) is 49.1 Å². The van der Waals surface area contributed by atoms with Crippen molar-refractivity contribution >= 4 is 23.4 Å². The van der Waals surface area contributed by atoms with Gasteiger partial charge in [0.2, 0.25) is 5.91 Å². The van der Waals surface area contributed by atoms with Crippen LogP contribution in [0.2, 0.25) is 5.02 Å². The summed E-state index contributed by atoms with van der Waals surface area (Å²) in [4.78, 5) is 29.0. The second-order valence-electron chi connectivity index (χ2n) is 9.11. The summed E-state index contributed by atoms with van der Waals surface area (Å²) in [5.41, 5.74) is 0.672. The molecule has 1 saturated carbocycles. The summed E-state index contributed by atoms with van der Waals surface area (Å²) >= 11 is 6.42. The average Bonchev–Trinajstić information content (AvgIpc) is 3.48. The van der Waals surface area contributed by atoms with E-state index < -0.39 is 5.54 Å². The van der Waals surface area contributed by atoms with E-state index in [2.05, 4.69) is 10.4 Å². The molecule has 1 aliphatic carbocycles. The molecular weight excluding hydrogens is 440 g/mol. The van der Waals surface area contributed by atoms with E-state index in [1.165, 1.54) is 6.42 Å². The molecular formula is C25H27ClN4O3. The zero-order valence-electron chi connectivity index (χ0n) is 18.6. The van der Waals surface area contributed by atoms with Gasteiger partial charge in [0.25, 0.3) is 5.91 Å². The van der Waals surface area contributed by atoms with Crippen molar-refractivity contribution in [2.45, 2.75) is 63.7 Å². The van der Waals surface area contributed by atoms with E-state index in [1.807, 2.05) is 25.1 Å². The standard InChI is InChI=1S/C25H27ClN4O3/c1-25(24(32)27-18-9-3-2-4-10-18)16-30-21(14-20(28-30)22-12-7-13-33-22)23(31)29(25)15-17-8-5-6-11-19(17)26/h5-8,11-14,18H,2-4,9-10,15-16H2,1H3,(H,27,32). The molecule has 2 aliphatic rings. The van der Waals surface area contributed by atoms with Crippen molar-refractivity contribution in [3.8, 4) is 11.5 Å². The molecule has 1 aliphatic heterocycles. The van der Waals surface area contributed by atoms with Crippen molar-refractivity contribution in [3.63, 3.8) is 0 Å². The van der Waals surface area contributed by atoms with Gasteiger partial charge >= 0.3 is 0 Å². The first-order valence-electron chi connectivity index (χ1n) is 11.4. The lowest BCUT2D eigenvalue weighted by Crippen LogP contribution is -2.64. The van der Waals surface area contributed by atoms with E-state index in [1.54, 1.807) is 40.1 Å². The average molecular weight is 467 g/mol. The van der Waals surface area contributed by atoms with Gasteiger partial charge in [-0.05, 0) is 43.5 Å². The van der Waals surface area contributed by atoms with Gasteiger partial charge in [0.15, 0.2) is 5.76 Å². The number of nitrogens with one attached hydrogen (secondary N) is 1. The third-order valence-electron chi connectivity index (χ3n) is 6.79. The number of nitrogens with zero attached hydrogens (tertiary/aromatic N) is 3. The number of hydrogen-bond acceptors (Lipinski definition) is 4. The van der Waals surface area contributed by atoms with E-state index in [4.69, 9.17) is 16.0 Å². The molecule has 7 nitrogen and oxygen atoms in total. The predicted molar refractivity (Wildman–Crippen MR) is 125 cm³/mol. The molecule has 172 valence electrons. The van der Waals surface area contributed by atoms with Crippen LogP contribution in [0.5, 0.6) is 0 Å². The van der Waals surface area contributed by atoms with E-state index >= 15 is 0 Å². The molecule has 2 aromatic heterocycles. The summed E-state index contributed by atoms with van der Waals surface area (Å²) in [5.74, 6) is 0.166. The molecule has 0 saturated heterocycles. The first kappa shape index (κ1) is 21.8. The van der Waals surface area contributed by atoms with E-state index in [-0.39, 0.29) is 30.9 Å². The van der Waals surface area contributed by atoms with Crippen LogP contribution in [-0.4, -0.2) is 38.1 Å². The molecule has 0 spiro atoms. The number of furan rings is 1. The maximum absolute atomic E-state index is 13.7. The van der Waals surface area contributed by atoms with Crippen molar-refractivity contribution < 1.29 is 14.0 Å². The van der Waals surface area contributed by atoms with Crippen LogP contribution in [0, 0.1) is 0 Å². The van der Waals surface area contributed by atoms with Gasteiger partial charge in [0.05, 0.1) is 12.8 Å². The largest absolute Gasteiger partial charge is 0.463 e. The molecule has 1 N–H and O–H groups in total. The van der Waals surface area contributed by atoms with Crippen LogP contribution < -0.4 is 5.32 Å². The summed E-state index contributed by atoms with van der Waals surface area (Å²) in [5, 5.41) is 8.38. The fraction of sp³-hybridized carbons (Fsp3) is 0.400. The number of carbonyl (C=O) groups excluding carboxylic acids is 2. The Labute approximate surface area is 197 Å². The predicted octanol–water partition coefficient (Wildman–Crippen LogP) is 4.66. The zero-order valence-corrected chi connectivity index (χ0v) is 19.3. The Morgan fingerprint density at radius 2 is 2.00 bits per heavy atom. The molecule has 1 aromatic carbocycles. The van der Waals surface area contributed by atoms with Gasteiger partial charge < -0.3 is 14.6 Å². The lowest BCUT2D eigenvalue weighted by Gasteiger charge is -2.44. The molecule has 0 bridgehead atoms. The second-order valence-corrected chi connectivity index (χ2v) is 9.52. The van der Waals surface area contributed by atoms with Gasteiger partial charge in [-0.25, -0.2) is 0 Å². The maximum atomic E-state index is 13.7. The van der Waals surface area contributed by atoms with E-state index in [9.17, 15) is 9.59 Å². The van der Waals surface area contributed by atoms with Crippen LogP contribution in [0.4, 0.5) is 0 Å². The third kappa shape index (κ3) is 4.06. The third-order valence-corrected chi connectivity index (χ3v) is 7.16. The fourth-order valence-corrected chi connectivity index (χ4v) is 5.01. The van der Waals surface area contributed by atoms with Crippen molar-refractivity contribution in [1.29, 1.82) is 0 Å². The Morgan fingerprint density at radius 1 is 1.21 bits per heavy atom. The minimum Gasteiger partial charge on any atom is -0.463 e. The number of fused-ring (bicyclic) bond motifs is 1. The van der Waals surface area contributed by atoms with Crippen molar-refractivity contribution in [2.24, 2.45) is 0 Å². The van der Waals surface area contributed by atoms with Crippen molar-refractivity contribution in [1.82, 2.24) is 20.0 Å². The molecule has 1 atom stereocenters. The minimum atomic E-state index is -1.12. The fourth-order valence-electron chi connectivity index (χ4n) is 4.82. The van der Waals surface area contributed by atoms with Crippen LogP contribution in [-0.2, 0) is 17.9 Å². The molecule has 1 unspecified atom stereocenters. The summed E-state index contributed by atoms with van der Waals surface area (Å²) in [6.07, 6.45) is 6.93. The lowest BCUT2D eigenvalue weighted by molar-refractivity contribution is -0.134. The number of amides is 2. The number of carbonyl (C=O) groups is 2. The Hall–Kier alpha value is -3.06. The summed E-state index contributed by atoms with van der Waals surface area (Å²) in [6.45, 7) is 2.29. The van der Waals surface area contributed by atoms with Gasteiger partial charge in [0.1, 0.15) is 16.9 Å². The molecule has 5 rings (SSSR count). The Bertz CT molecular complexity index is 1170. The first-order valence-corrected chi connectivity index (χ1v) is 11.8. The van der Waals surface area contributed by atoms with Gasteiger partial charge in [0, 0.05) is 23.7 Å². The molecule has 8 heteroatoms. The molecule has 1 fully saturated rings. The molecule has 33 heavy (non-hydrogen) atoms. The number of rotatable bonds is 5. The highest BCUT2D eigenvalue weighted by molar-refractivity contribution is 6.31. The number of hydrogen-bond donors (Lipinski definition) is 1. The second kappa shape index (κ2) is 8.71. The van der Waals surface area contributed by atoms with Crippen LogP contribution in [0.25, 0.3) is 11.5 Å². The number of aromatic nitrogens is 2. The molecule has 3 aromatic rings. The van der Waals surface area contributed by atoms with Crippen LogP contribution in [0.15, 0.2) is 53.1 Å². The van der Waals surface area contributed by atoms with Crippen LogP contribution >= 0.6 is 11.6 Å². The van der Waals surface area contributed by atoms with Gasteiger partial charge in [-0.3, -0.25) is 14.3 Å². The summed E-state index contributed by atoms with van der Waals surface area (Å²) in [6, 6.07) is 12.9. The highest BCUT2D eigenvalue weighted by atomic mass is 35.5. The zero-order chi connectivity index (χ0) is 23.0. The first-order chi connectivity index (χ1) is 16.0. The lowest BCUT2D eigenvalue weighted by atomic mass is 9.91. The summed E-state index contributed by atoms with van der Waals surface area (Å²) in [7, 11) is 0. The Balaban J connectivity index is 1.52. The monoisotopic (exact) mass is 466 g/mol. The minimum absolute atomic E-state index is 0.137. The maximum Gasteiger partial charge on any atom is 0.273 e. The van der Waals surface area contributed by atoms with Gasteiger partial charge in [-0.15, -0.1) is 0 Å². The number of halogens is 1. The Kier molecular flexibility index (Phi) is 5.74. The highest BCUT2D eigenvalue weighted by Crippen LogP contribution is 2.33. The topological polar surface area (TPSA) is 80.4 Å². The summed E-state index contributed by atoms with van der Waals surface area (Å²) < 4.78 is 7.10. The molecule has 3 heterocycles. The number of benzene rings is 1. The van der Waals surface area contributed by atoms with Crippen molar-refractivity contribution in [3.05, 3.63) is 65.0 Å². The van der Waals surface area contributed by atoms with E-state index in [0.717, 1.165) is 31.2 Å². The van der Waals surface area contributed by atoms with Crippen LogP contribution in [0.3, 0.4) is 0 Å². The van der Waals surface area contributed by atoms with Gasteiger partial charge in [-0.2, -0.15) is 5.10 Å². The van der Waals surface area contributed by atoms with E-state index in [0.29, 0.717) is 22.2 Å². The Morgan fingerprint density at radius 3 is 2.73 bits per heavy atom. The van der Waals surface area contributed by atoms with Crippen molar-refractivity contribution in [2.75, 3.05) is 0 Å². The quantitative estimate of drug-likeness (QED) is 0.593.